The van der Waals surface area contributed by atoms with E-state index in [-0.39, 0.29) is 5.91 Å². The Kier molecular flexibility index (Phi) is 3.92. The van der Waals surface area contributed by atoms with Crippen LogP contribution in [0.5, 0.6) is 0 Å². The van der Waals surface area contributed by atoms with Gasteiger partial charge in [0.2, 0.25) is 5.91 Å². The Morgan fingerprint density at radius 1 is 1.36 bits per heavy atom. The molecule has 0 unspecified atom stereocenters. The molecule has 1 rings (SSSR count). The fourth-order valence-electron chi connectivity index (χ4n) is 1.08. The topological polar surface area (TPSA) is 29.1 Å². The van der Waals surface area contributed by atoms with Gasteiger partial charge in [-0.05, 0) is 25.5 Å². The standard InChI is InChI=1S/C12H15NO/c1-3-13-12(14)9-8-11-6-4-10(2)5-7-11/h4-9H,3H2,1-2H3,(H,13,14)/b9-8+. The average molecular weight is 189 g/mol. The highest BCUT2D eigenvalue weighted by Crippen LogP contribution is 2.04. The first-order chi connectivity index (χ1) is 6.72. The number of rotatable bonds is 3. The summed E-state index contributed by atoms with van der Waals surface area (Å²) in [4.78, 5) is 11.1. The molecule has 0 saturated carbocycles. The fourth-order valence-corrected chi connectivity index (χ4v) is 1.08. The molecule has 1 aromatic rings. The zero-order valence-corrected chi connectivity index (χ0v) is 8.58. The highest BCUT2D eigenvalue weighted by molar-refractivity contribution is 5.91. The second-order valence-electron chi connectivity index (χ2n) is 3.14. The smallest absolute Gasteiger partial charge is 0.243 e. The van der Waals surface area contributed by atoms with E-state index in [2.05, 4.69) is 5.32 Å². The number of amides is 1. The molecular weight excluding hydrogens is 174 g/mol. The van der Waals surface area contributed by atoms with Gasteiger partial charge in [0.25, 0.3) is 0 Å². The molecule has 14 heavy (non-hydrogen) atoms. The lowest BCUT2D eigenvalue weighted by Gasteiger charge is -1.96. The van der Waals surface area contributed by atoms with Crippen molar-refractivity contribution in [1.82, 2.24) is 5.32 Å². The highest BCUT2D eigenvalue weighted by atomic mass is 16.1. The number of carbonyl (C=O) groups is 1. The zero-order chi connectivity index (χ0) is 10.4. The van der Waals surface area contributed by atoms with Crippen LogP contribution in [0.4, 0.5) is 0 Å². The summed E-state index contributed by atoms with van der Waals surface area (Å²) in [5, 5.41) is 2.70. The van der Waals surface area contributed by atoms with Crippen LogP contribution >= 0.6 is 0 Å². The van der Waals surface area contributed by atoms with Gasteiger partial charge in [0.1, 0.15) is 0 Å². The molecule has 74 valence electrons. The zero-order valence-electron chi connectivity index (χ0n) is 8.58. The molecule has 0 aliphatic rings. The quantitative estimate of drug-likeness (QED) is 0.725. The maximum absolute atomic E-state index is 11.1. The Morgan fingerprint density at radius 3 is 2.57 bits per heavy atom. The van der Waals surface area contributed by atoms with Crippen LogP contribution in [0, 0.1) is 6.92 Å². The number of nitrogens with one attached hydrogen (secondary N) is 1. The summed E-state index contributed by atoms with van der Waals surface area (Å²) in [5.74, 6) is -0.0481. The van der Waals surface area contributed by atoms with E-state index in [9.17, 15) is 4.79 Å². The molecule has 0 aromatic heterocycles. The number of benzene rings is 1. The minimum atomic E-state index is -0.0481. The van der Waals surface area contributed by atoms with Gasteiger partial charge in [-0.25, -0.2) is 0 Å². The van der Waals surface area contributed by atoms with Crippen molar-refractivity contribution in [2.45, 2.75) is 13.8 Å². The molecule has 2 nitrogen and oxygen atoms in total. The van der Waals surface area contributed by atoms with Gasteiger partial charge in [-0.3, -0.25) is 4.79 Å². The van der Waals surface area contributed by atoms with E-state index in [1.54, 1.807) is 6.08 Å². The molecular formula is C12H15NO. The van der Waals surface area contributed by atoms with Crippen molar-refractivity contribution >= 4 is 12.0 Å². The van der Waals surface area contributed by atoms with Crippen LogP contribution < -0.4 is 5.32 Å². The minimum absolute atomic E-state index is 0.0481. The summed E-state index contributed by atoms with van der Waals surface area (Å²) in [6.45, 7) is 4.60. The lowest BCUT2D eigenvalue weighted by molar-refractivity contribution is -0.116. The van der Waals surface area contributed by atoms with Crippen LogP contribution in [0.2, 0.25) is 0 Å². The van der Waals surface area contributed by atoms with E-state index >= 15 is 0 Å². The first kappa shape index (κ1) is 10.5. The monoisotopic (exact) mass is 189 g/mol. The van der Waals surface area contributed by atoms with Crippen molar-refractivity contribution in [2.75, 3.05) is 6.54 Å². The summed E-state index contributed by atoms with van der Waals surface area (Å²) in [7, 11) is 0. The Bertz CT molecular complexity index is 325. The Labute approximate surface area is 84.6 Å². The third kappa shape index (κ3) is 3.44. The van der Waals surface area contributed by atoms with Gasteiger partial charge in [-0.15, -0.1) is 0 Å². The van der Waals surface area contributed by atoms with Gasteiger partial charge in [0.15, 0.2) is 0 Å². The number of hydrogen-bond acceptors (Lipinski definition) is 1. The van der Waals surface area contributed by atoms with Crippen LogP contribution in [0.3, 0.4) is 0 Å². The van der Waals surface area contributed by atoms with E-state index in [1.807, 2.05) is 44.2 Å². The first-order valence-electron chi connectivity index (χ1n) is 4.75. The molecule has 0 aliphatic carbocycles. The molecule has 0 aliphatic heterocycles. The molecule has 0 saturated heterocycles. The van der Waals surface area contributed by atoms with Crippen molar-refractivity contribution in [1.29, 1.82) is 0 Å². The largest absolute Gasteiger partial charge is 0.353 e. The van der Waals surface area contributed by atoms with Crippen LogP contribution in [-0.4, -0.2) is 12.5 Å². The Hall–Kier alpha value is -1.57. The van der Waals surface area contributed by atoms with Crippen LogP contribution in [0.25, 0.3) is 6.08 Å². The summed E-state index contributed by atoms with van der Waals surface area (Å²) in [6.07, 6.45) is 3.36. The van der Waals surface area contributed by atoms with E-state index in [1.165, 1.54) is 5.56 Å². The van der Waals surface area contributed by atoms with Gasteiger partial charge < -0.3 is 5.32 Å². The summed E-state index contributed by atoms with van der Waals surface area (Å²) >= 11 is 0. The van der Waals surface area contributed by atoms with E-state index in [0.29, 0.717) is 6.54 Å². The normalized spacial score (nSPS) is 10.4. The van der Waals surface area contributed by atoms with Crippen molar-refractivity contribution in [3.63, 3.8) is 0 Å². The lowest BCUT2D eigenvalue weighted by atomic mass is 10.1. The molecule has 1 N–H and O–H groups in total. The SMILES string of the molecule is CCNC(=O)/C=C/c1ccc(C)cc1. The average Bonchev–Trinajstić information content (AvgIpc) is 2.17. The lowest BCUT2D eigenvalue weighted by Crippen LogP contribution is -2.19. The Morgan fingerprint density at radius 2 is 2.00 bits per heavy atom. The predicted molar refractivity (Wildman–Crippen MR) is 58.9 cm³/mol. The van der Waals surface area contributed by atoms with Crippen molar-refractivity contribution in [3.8, 4) is 0 Å². The molecule has 1 amide bonds. The van der Waals surface area contributed by atoms with Crippen molar-refractivity contribution in [3.05, 3.63) is 41.5 Å². The molecule has 0 spiro atoms. The Balaban J connectivity index is 2.60. The summed E-state index contributed by atoms with van der Waals surface area (Å²) < 4.78 is 0. The third-order valence-electron chi connectivity index (χ3n) is 1.86. The molecule has 0 bridgehead atoms. The second-order valence-corrected chi connectivity index (χ2v) is 3.14. The summed E-state index contributed by atoms with van der Waals surface area (Å²) in [5.41, 5.74) is 2.27. The van der Waals surface area contributed by atoms with Gasteiger partial charge in [-0.2, -0.15) is 0 Å². The molecule has 0 heterocycles. The summed E-state index contributed by atoms with van der Waals surface area (Å²) in [6, 6.07) is 8.03. The van der Waals surface area contributed by atoms with Gasteiger partial charge in [-0.1, -0.05) is 29.8 Å². The predicted octanol–water partition coefficient (Wildman–Crippen LogP) is 2.14. The maximum atomic E-state index is 11.1. The van der Waals surface area contributed by atoms with Gasteiger partial charge in [0.05, 0.1) is 0 Å². The van der Waals surface area contributed by atoms with E-state index in [0.717, 1.165) is 5.56 Å². The molecule has 1 aromatic carbocycles. The second kappa shape index (κ2) is 5.22. The van der Waals surface area contributed by atoms with E-state index in [4.69, 9.17) is 0 Å². The molecule has 0 fully saturated rings. The van der Waals surface area contributed by atoms with Gasteiger partial charge in [0, 0.05) is 12.6 Å². The van der Waals surface area contributed by atoms with E-state index < -0.39 is 0 Å². The minimum Gasteiger partial charge on any atom is -0.353 e. The fraction of sp³-hybridized carbons (Fsp3) is 0.250. The number of likely N-dealkylation sites (N-methyl/N-ethyl adjacent to an activating group) is 1. The molecule has 2 heteroatoms. The van der Waals surface area contributed by atoms with Crippen LogP contribution in [0.15, 0.2) is 30.3 Å². The highest BCUT2D eigenvalue weighted by Gasteiger charge is 1.91. The van der Waals surface area contributed by atoms with Gasteiger partial charge >= 0.3 is 0 Å². The number of hydrogen-bond donors (Lipinski definition) is 1. The first-order valence-corrected chi connectivity index (χ1v) is 4.75. The third-order valence-corrected chi connectivity index (χ3v) is 1.86. The van der Waals surface area contributed by atoms with Crippen molar-refractivity contribution < 1.29 is 4.79 Å². The van der Waals surface area contributed by atoms with Crippen LogP contribution in [-0.2, 0) is 4.79 Å². The van der Waals surface area contributed by atoms with Crippen LogP contribution in [0.1, 0.15) is 18.1 Å². The number of aryl methyl sites for hydroxylation is 1. The van der Waals surface area contributed by atoms with Crippen molar-refractivity contribution in [2.24, 2.45) is 0 Å². The maximum Gasteiger partial charge on any atom is 0.243 e. The molecule has 0 atom stereocenters. The number of carbonyl (C=O) groups excluding carboxylic acids is 1. The molecule has 0 radical (unpaired) electrons.